The van der Waals surface area contributed by atoms with E-state index in [2.05, 4.69) is 124 Å². The molecule has 38 nitrogen and oxygen atoms in total. The summed E-state index contributed by atoms with van der Waals surface area (Å²) in [5.74, 6) is 2.53. The van der Waals surface area contributed by atoms with Crippen molar-refractivity contribution in [2.75, 3.05) is 100 Å². The molecule has 12 aromatic rings. The standard InChI is InChI=1S/C21H21N5O2.C20H20N6O2.C18H21N5O2.C17H20N6O3.C17H19N5O2/c1-13-6-4-7-16(10-13)24-20-19(14(2)27)12-22-21(26-20)25-18-9-5-8-17(11-18)23-15(3)28;1-12-5-3-6-14(9-12)23-18-17(13(2)27)11-22-20(26-18)25-16-8-4-7-15(10-16)24-19(21)28;1-11(24)16-10-19-18(22-17(16)20-13-7-8-13)21-14-5-4-6-15(9-14)23(3)12(2)25;1-26-9-14(24)20-11-3-2-4-12(7-11)22-17-19-8-13(15(18)25)16(23-17)21-10-5-6-10;1-10(23)15-9-18-17(22-16(15)20-12-6-7-12)21-14-5-3-4-13(8-14)19-11(2)24/h4-12H,1-3H3,(H,23,28)(H2,22,24,25,26);3-11H,1-2H3,(H3,21,24,28)(H2,22,23,25,26);4-6,9-10,13H,7-8H2,1-3H3,(H2,19,20,21,22);2-4,7-8,10H,5-6,9H2,1H3,(H2,18,25)(H,20,24)(H2,19,21,22,23);3-5,8-9,12H,6-7H2,1-2H3,(H,19,24)(H2,18,20,21,22). The summed E-state index contributed by atoms with van der Waals surface area (Å²) < 4.78 is 4.79. The molecule has 5 heterocycles. The van der Waals surface area contributed by atoms with Gasteiger partial charge in [0.15, 0.2) is 23.1 Å². The summed E-state index contributed by atoms with van der Waals surface area (Å²) in [4.78, 5) is 160. The second-order valence-corrected chi connectivity index (χ2v) is 30.5. The molecule has 0 saturated heterocycles. The first kappa shape index (κ1) is 94.9. The minimum absolute atomic E-state index is 0.0223. The lowest BCUT2D eigenvalue weighted by Gasteiger charge is -2.16. The van der Waals surface area contributed by atoms with Gasteiger partial charge >= 0.3 is 6.03 Å². The number of rotatable bonds is 32. The molecule has 0 spiro atoms. The topological polar surface area (TPSA) is 533 Å². The predicted molar refractivity (Wildman–Crippen MR) is 508 cm³/mol. The molecule has 0 unspecified atom stereocenters. The van der Waals surface area contributed by atoms with Gasteiger partial charge in [0.2, 0.25) is 53.4 Å². The molecule has 7 aromatic carbocycles. The van der Waals surface area contributed by atoms with E-state index in [1.165, 1.54) is 86.6 Å². The Morgan fingerprint density at radius 3 is 0.916 bits per heavy atom. The van der Waals surface area contributed by atoms with E-state index in [-0.39, 0.29) is 58.9 Å². The van der Waals surface area contributed by atoms with Crippen molar-refractivity contribution in [3.63, 3.8) is 0 Å². The summed E-state index contributed by atoms with van der Waals surface area (Å²) in [5.41, 5.74) is 23.2. The lowest BCUT2D eigenvalue weighted by molar-refractivity contribution is -0.119. The van der Waals surface area contributed by atoms with E-state index in [0.29, 0.717) is 139 Å². The van der Waals surface area contributed by atoms with Gasteiger partial charge in [0, 0.05) is 152 Å². The number of hydrogen-bond acceptors (Lipinski definition) is 31. The van der Waals surface area contributed by atoms with Gasteiger partial charge in [-0.05, 0) is 206 Å². The Morgan fingerprint density at radius 2 is 0.618 bits per heavy atom. The number of ether oxygens (including phenoxy) is 1. The van der Waals surface area contributed by atoms with Crippen LogP contribution in [0.3, 0.4) is 0 Å². The molecule has 0 atom stereocenters. The average molecular weight is 1770 g/mol. The van der Waals surface area contributed by atoms with Crippen LogP contribution in [-0.2, 0) is 23.9 Å². The molecule has 15 rings (SSSR count). The number of aromatic nitrogens is 10. The third kappa shape index (κ3) is 30.5. The van der Waals surface area contributed by atoms with Crippen molar-refractivity contribution < 1.29 is 52.7 Å². The number of ketones is 4. The molecule has 674 valence electrons. The highest BCUT2D eigenvalue weighted by molar-refractivity contribution is 6.02. The molecule has 3 fully saturated rings. The van der Waals surface area contributed by atoms with Crippen LogP contribution < -0.4 is 90.8 Å². The Balaban J connectivity index is 0.000000158. The minimum atomic E-state index is -0.649. The molecule has 38 heteroatoms. The molecule has 3 saturated carbocycles. The quantitative estimate of drug-likeness (QED) is 0.0174. The monoisotopic (exact) mass is 1770 g/mol. The fourth-order valence-corrected chi connectivity index (χ4v) is 12.1. The number of nitrogens with zero attached hydrogens (tertiary/aromatic N) is 11. The van der Waals surface area contributed by atoms with E-state index in [9.17, 15) is 47.9 Å². The maximum absolute atomic E-state index is 12.0. The van der Waals surface area contributed by atoms with Crippen molar-refractivity contribution in [3.8, 4) is 0 Å². The first-order chi connectivity index (χ1) is 62.8. The number of nitrogens with one attached hydrogen (secondary N) is 14. The number of nitrogens with two attached hydrogens (primary N) is 2. The van der Waals surface area contributed by atoms with Crippen LogP contribution in [0.1, 0.15) is 150 Å². The molecular formula is C93H101N27O11. The number of amides is 7. The molecule has 3 aliphatic rings. The van der Waals surface area contributed by atoms with Crippen LogP contribution in [0.25, 0.3) is 0 Å². The highest BCUT2D eigenvalue weighted by Crippen LogP contribution is 2.33. The Hall–Kier alpha value is -16.8. The number of benzene rings is 7. The Morgan fingerprint density at radius 1 is 0.344 bits per heavy atom. The van der Waals surface area contributed by atoms with Crippen LogP contribution >= 0.6 is 0 Å². The predicted octanol–water partition coefficient (Wildman–Crippen LogP) is 15.8. The van der Waals surface area contributed by atoms with Crippen LogP contribution in [0.2, 0.25) is 0 Å². The van der Waals surface area contributed by atoms with Crippen molar-refractivity contribution in [2.24, 2.45) is 11.5 Å². The van der Waals surface area contributed by atoms with Gasteiger partial charge in [0.05, 0.1) is 27.8 Å². The van der Waals surface area contributed by atoms with E-state index >= 15 is 0 Å². The van der Waals surface area contributed by atoms with Crippen molar-refractivity contribution in [3.05, 3.63) is 240 Å². The Kier molecular flexibility index (Phi) is 32.9. The van der Waals surface area contributed by atoms with Crippen molar-refractivity contribution in [2.45, 2.75) is 119 Å². The summed E-state index contributed by atoms with van der Waals surface area (Å²) in [6.45, 7) is 14.3. The SMILES string of the molecule is CC(=O)Nc1cccc(Nc2ncc(C(C)=O)c(NC3CC3)n2)c1.CC(=O)Nc1cccc(Nc2ncc(C(C)=O)c(Nc3cccc(C)c3)n2)c1.CC(=O)c1cnc(Nc2cccc(N(C)C(C)=O)c2)nc1NC1CC1.CC(=O)c1cnc(Nc2cccc(NC(N)=O)c2)nc1Nc1cccc(C)c1.COCC(=O)Nc1cccc(Nc2ncc(C(N)=O)c(NC3CC3)n2)c1. The maximum atomic E-state index is 12.0. The zero-order valence-corrected chi connectivity index (χ0v) is 73.8. The van der Waals surface area contributed by atoms with Crippen LogP contribution in [0, 0.1) is 13.8 Å². The number of Topliss-reactive ketones (excluding diaryl/α,β-unsaturated/α-hetero) is 4. The number of hydrogen-bond donors (Lipinski definition) is 16. The van der Waals surface area contributed by atoms with E-state index < -0.39 is 11.9 Å². The zero-order valence-electron chi connectivity index (χ0n) is 73.8. The van der Waals surface area contributed by atoms with E-state index in [1.807, 2.05) is 117 Å². The third-order valence-corrected chi connectivity index (χ3v) is 18.9. The largest absolute Gasteiger partial charge is 0.375 e. The molecule has 0 radical (unpaired) electrons. The molecule has 3 aliphatic carbocycles. The number of urea groups is 1. The van der Waals surface area contributed by atoms with Gasteiger partial charge in [-0.15, -0.1) is 0 Å². The Bertz CT molecular complexity index is 6040. The van der Waals surface area contributed by atoms with Crippen LogP contribution in [0.4, 0.5) is 132 Å². The highest BCUT2D eigenvalue weighted by Gasteiger charge is 2.28. The third-order valence-electron chi connectivity index (χ3n) is 18.9. The van der Waals surface area contributed by atoms with Crippen LogP contribution in [0.5, 0.6) is 0 Å². The summed E-state index contributed by atoms with van der Waals surface area (Å²) >= 11 is 0. The van der Waals surface area contributed by atoms with Gasteiger partial charge in [-0.3, -0.25) is 43.2 Å². The van der Waals surface area contributed by atoms with Crippen LogP contribution in [-0.4, -0.2) is 147 Å². The van der Waals surface area contributed by atoms with Gasteiger partial charge in [-0.2, -0.15) is 24.9 Å². The van der Waals surface area contributed by atoms with Crippen LogP contribution in [0.15, 0.2) is 201 Å². The number of primary amides is 2. The van der Waals surface area contributed by atoms with Gasteiger partial charge in [0.25, 0.3) is 5.91 Å². The first-order valence-corrected chi connectivity index (χ1v) is 41.5. The normalized spacial score (nSPS) is 11.9. The Labute approximate surface area is 754 Å². The van der Waals surface area contributed by atoms with E-state index in [1.54, 1.807) is 78.7 Å². The molecule has 131 heavy (non-hydrogen) atoms. The first-order valence-electron chi connectivity index (χ1n) is 41.5. The van der Waals surface area contributed by atoms with Gasteiger partial charge < -0.3 is 95.5 Å². The van der Waals surface area contributed by atoms with Gasteiger partial charge in [0.1, 0.15) is 35.7 Å². The van der Waals surface area contributed by atoms with E-state index in [4.69, 9.17) is 16.2 Å². The number of anilines is 22. The van der Waals surface area contributed by atoms with Crippen molar-refractivity contribution in [1.82, 2.24) is 49.8 Å². The van der Waals surface area contributed by atoms with Crippen molar-refractivity contribution >= 4 is 186 Å². The number of carbonyl (C=O) groups excluding carboxylic acids is 10. The summed E-state index contributed by atoms with van der Waals surface area (Å²) in [5, 5.41) is 42.2. The highest BCUT2D eigenvalue weighted by atomic mass is 16.5. The fraction of sp³-hybridized carbons (Fsp3) is 0.226. The molecule has 5 aromatic heterocycles. The molecule has 0 aliphatic heterocycles. The van der Waals surface area contributed by atoms with Crippen molar-refractivity contribution in [1.29, 1.82) is 0 Å². The number of aryl methyl sites for hydroxylation is 2. The molecule has 18 N–H and O–H groups in total. The van der Waals surface area contributed by atoms with E-state index in [0.717, 1.165) is 78.1 Å². The lowest BCUT2D eigenvalue weighted by Crippen LogP contribution is -2.22. The summed E-state index contributed by atoms with van der Waals surface area (Å²) in [7, 11) is 3.18. The van der Waals surface area contributed by atoms with Gasteiger partial charge in [-0.1, -0.05) is 54.6 Å². The zero-order chi connectivity index (χ0) is 93.8. The number of methoxy groups -OCH3 is 1. The number of carbonyl (C=O) groups is 10. The molecule has 0 bridgehead atoms. The lowest BCUT2D eigenvalue weighted by atomic mass is 10.2. The smallest absolute Gasteiger partial charge is 0.316 e. The van der Waals surface area contributed by atoms with Gasteiger partial charge in [-0.25, -0.2) is 29.7 Å². The summed E-state index contributed by atoms with van der Waals surface area (Å²) in [6.07, 6.45) is 13.8. The minimum Gasteiger partial charge on any atom is -0.375 e. The second-order valence-electron chi connectivity index (χ2n) is 30.5. The molecule has 7 amide bonds. The fourth-order valence-electron chi connectivity index (χ4n) is 12.1. The molecular weight excluding hydrogens is 1670 g/mol. The second kappa shape index (κ2) is 45.4. The average Bonchev–Trinajstić information content (AvgIpc) is 1.77. The maximum Gasteiger partial charge on any atom is 0.316 e. The summed E-state index contributed by atoms with van der Waals surface area (Å²) in [6, 6.07) is 51.9.